The normalized spacial score (nSPS) is 14.3. The van der Waals surface area contributed by atoms with Crippen LogP contribution in [0.4, 0.5) is 0 Å². The van der Waals surface area contributed by atoms with Gasteiger partial charge >= 0.3 is 5.97 Å². The van der Waals surface area contributed by atoms with Crippen molar-refractivity contribution in [3.8, 4) is 17.2 Å². The van der Waals surface area contributed by atoms with Crippen LogP contribution in [0.2, 0.25) is 0 Å². The van der Waals surface area contributed by atoms with Gasteiger partial charge < -0.3 is 24.2 Å². The third-order valence-corrected chi connectivity index (χ3v) is 9.49. The van der Waals surface area contributed by atoms with Crippen LogP contribution in [-0.2, 0) is 11.4 Å². The Bertz CT molecular complexity index is 2050. The number of amides is 1. The first-order valence-electron chi connectivity index (χ1n) is 14.9. The molecule has 5 rings (SSSR count). The number of thiazole rings is 1. The van der Waals surface area contributed by atoms with Gasteiger partial charge in [-0.05, 0) is 96.4 Å². The molecule has 1 aliphatic rings. The Morgan fingerprint density at radius 1 is 1.02 bits per heavy atom. The number of ether oxygens (including phenoxy) is 3. The average molecular weight is 721 g/mol. The Kier molecular flexibility index (Phi) is 10.3. The van der Waals surface area contributed by atoms with Gasteiger partial charge in [-0.25, -0.2) is 9.79 Å². The van der Waals surface area contributed by atoms with E-state index in [1.165, 1.54) is 23.5 Å². The van der Waals surface area contributed by atoms with Crippen LogP contribution in [0, 0.1) is 0 Å². The summed E-state index contributed by atoms with van der Waals surface area (Å²) < 4.78 is 19.9. The second kappa shape index (κ2) is 14.4. The minimum absolute atomic E-state index is 0.197. The summed E-state index contributed by atoms with van der Waals surface area (Å²) in [5.41, 5.74) is 3.05. The highest BCUT2D eigenvalue weighted by atomic mass is 79.9. The summed E-state index contributed by atoms with van der Waals surface area (Å²) in [6, 6.07) is 16.5. The van der Waals surface area contributed by atoms with Crippen LogP contribution in [0.1, 0.15) is 53.9 Å². The molecule has 0 fully saturated rings. The topological polar surface area (TPSA) is 120 Å². The minimum atomic E-state index is -0.984. The number of hydrogen-bond donors (Lipinski definition) is 1. The van der Waals surface area contributed by atoms with E-state index in [9.17, 15) is 14.4 Å². The maximum absolute atomic E-state index is 14.2. The number of fused-ring (bicyclic) bond motifs is 1. The molecular weight excluding hydrogens is 686 g/mol. The number of aromatic carboxylic acids is 1. The van der Waals surface area contributed by atoms with Crippen LogP contribution in [0.5, 0.6) is 17.2 Å². The van der Waals surface area contributed by atoms with Crippen LogP contribution in [0.3, 0.4) is 0 Å². The molecule has 1 amide bonds. The van der Waals surface area contributed by atoms with E-state index in [-0.39, 0.29) is 23.6 Å². The number of benzene rings is 3. The fourth-order valence-electron chi connectivity index (χ4n) is 5.40. The second-order valence-corrected chi connectivity index (χ2v) is 12.5. The molecule has 3 aromatic carbocycles. The highest BCUT2D eigenvalue weighted by Crippen LogP contribution is 2.38. The number of aromatic nitrogens is 1. The number of allylic oxidation sites excluding steroid dienone is 1. The molecule has 1 N–H and O–H groups in total. The summed E-state index contributed by atoms with van der Waals surface area (Å²) in [5.74, 6) is 0.491. The van der Waals surface area contributed by atoms with Crippen molar-refractivity contribution in [2.45, 2.75) is 33.4 Å². The first kappa shape index (κ1) is 33.7. The number of carbonyl (C=O) groups excluding carboxylic acids is 1. The van der Waals surface area contributed by atoms with Gasteiger partial charge in [-0.3, -0.25) is 14.2 Å². The summed E-state index contributed by atoms with van der Waals surface area (Å²) in [4.78, 5) is 46.2. The highest BCUT2D eigenvalue weighted by molar-refractivity contribution is 9.10. The van der Waals surface area contributed by atoms with Crippen molar-refractivity contribution in [2.24, 2.45) is 4.99 Å². The smallest absolute Gasteiger partial charge is 0.335 e. The largest absolute Gasteiger partial charge is 0.497 e. The zero-order valence-corrected chi connectivity index (χ0v) is 29.0. The molecular formula is C35H34BrN3O7S. The average Bonchev–Trinajstić information content (AvgIpc) is 3.37. The van der Waals surface area contributed by atoms with Gasteiger partial charge in [0.2, 0.25) is 0 Å². The van der Waals surface area contributed by atoms with E-state index in [0.717, 1.165) is 11.1 Å². The molecule has 244 valence electrons. The molecule has 0 bridgehead atoms. The molecule has 47 heavy (non-hydrogen) atoms. The third kappa shape index (κ3) is 6.89. The number of methoxy groups -OCH3 is 2. The van der Waals surface area contributed by atoms with Gasteiger partial charge in [0, 0.05) is 18.7 Å². The highest BCUT2D eigenvalue weighted by Gasteiger charge is 2.36. The van der Waals surface area contributed by atoms with Gasteiger partial charge in [-0.2, -0.15) is 0 Å². The van der Waals surface area contributed by atoms with Crippen molar-refractivity contribution in [3.05, 3.63) is 118 Å². The van der Waals surface area contributed by atoms with E-state index in [1.54, 1.807) is 73.1 Å². The van der Waals surface area contributed by atoms with Gasteiger partial charge in [-0.15, -0.1) is 0 Å². The van der Waals surface area contributed by atoms with E-state index in [4.69, 9.17) is 24.3 Å². The van der Waals surface area contributed by atoms with Crippen LogP contribution < -0.4 is 29.1 Å². The molecule has 0 unspecified atom stereocenters. The third-order valence-electron chi connectivity index (χ3n) is 7.88. The molecule has 1 aromatic heterocycles. The fraction of sp³-hybridized carbons (Fsp3) is 0.257. The summed E-state index contributed by atoms with van der Waals surface area (Å²) in [5, 5.41) is 9.11. The maximum Gasteiger partial charge on any atom is 0.335 e. The molecule has 2 heterocycles. The number of carbonyl (C=O) groups is 2. The van der Waals surface area contributed by atoms with Crippen molar-refractivity contribution >= 4 is 45.2 Å². The first-order valence-corrected chi connectivity index (χ1v) is 16.5. The van der Waals surface area contributed by atoms with E-state index in [1.807, 2.05) is 26.0 Å². The van der Waals surface area contributed by atoms with E-state index in [2.05, 4.69) is 15.9 Å². The molecule has 0 aliphatic carbocycles. The lowest BCUT2D eigenvalue weighted by atomic mass is 9.93. The molecule has 0 saturated heterocycles. The van der Waals surface area contributed by atoms with Crippen LogP contribution in [0.15, 0.2) is 86.2 Å². The van der Waals surface area contributed by atoms with Crippen molar-refractivity contribution in [1.29, 1.82) is 0 Å². The summed E-state index contributed by atoms with van der Waals surface area (Å²) in [6.07, 6.45) is 1.79. The predicted octanol–water partition coefficient (Wildman–Crippen LogP) is 5.16. The monoisotopic (exact) mass is 719 g/mol. The Morgan fingerprint density at radius 2 is 1.72 bits per heavy atom. The molecule has 0 saturated carbocycles. The maximum atomic E-state index is 14.2. The fourth-order valence-corrected chi connectivity index (χ4v) is 6.96. The van der Waals surface area contributed by atoms with Gasteiger partial charge in [0.15, 0.2) is 4.80 Å². The summed E-state index contributed by atoms with van der Waals surface area (Å²) in [6.45, 7) is 6.89. The van der Waals surface area contributed by atoms with E-state index >= 15 is 0 Å². The van der Waals surface area contributed by atoms with Crippen LogP contribution in [0.25, 0.3) is 6.08 Å². The summed E-state index contributed by atoms with van der Waals surface area (Å²) in [7, 11) is 3.12. The molecule has 10 nitrogen and oxygen atoms in total. The molecule has 0 radical (unpaired) electrons. The van der Waals surface area contributed by atoms with Gasteiger partial charge in [-0.1, -0.05) is 29.5 Å². The van der Waals surface area contributed by atoms with E-state index < -0.39 is 12.0 Å². The number of carboxylic acid groups (broad SMARTS) is 1. The van der Waals surface area contributed by atoms with Crippen LogP contribution >= 0.6 is 27.3 Å². The molecule has 12 heteroatoms. The Labute approximate surface area is 284 Å². The molecule has 1 aliphatic heterocycles. The van der Waals surface area contributed by atoms with E-state index in [0.29, 0.717) is 61.0 Å². The van der Waals surface area contributed by atoms with Gasteiger partial charge in [0.1, 0.15) is 29.9 Å². The standard InChI is InChI=1S/C35H34BrN3O7S/c1-6-38(7-2)33(41)30-20(3)37-35-39(31(30)25-18-24(44-4)13-15-27(25)45-5)32(40)29(47-35)17-22-10-14-28(26(36)16-22)46-19-21-8-11-23(12-9-21)34(42)43/h8-18,31H,6-7,19H2,1-5H3,(H,42,43)/b29-17+/t31-/m0/s1. The quantitative estimate of drug-likeness (QED) is 0.228. The molecule has 4 aromatic rings. The minimum Gasteiger partial charge on any atom is -0.497 e. The van der Waals surface area contributed by atoms with Crippen molar-refractivity contribution in [1.82, 2.24) is 9.47 Å². The Balaban J connectivity index is 1.55. The number of nitrogens with zero attached hydrogens (tertiary/aromatic N) is 3. The predicted molar refractivity (Wildman–Crippen MR) is 183 cm³/mol. The lowest BCUT2D eigenvalue weighted by Gasteiger charge is -2.30. The number of carboxylic acids is 1. The lowest BCUT2D eigenvalue weighted by molar-refractivity contribution is -0.127. The van der Waals surface area contributed by atoms with Crippen molar-refractivity contribution < 1.29 is 28.9 Å². The second-order valence-electron chi connectivity index (χ2n) is 10.6. The van der Waals surface area contributed by atoms with Crippen molar-refractivity contribution in [2.75, 3.05) is 27.3 Å². The SMILES string of the molecule is CCN(CC)C(=O)C1=C(C)N=c2s/c(=C/c3ccc(OCc4ccc(C(=O)O)cc4)c(Br)c3)c(=O)n2[C@H]1c1cc(OC)ccc1OC. The summed E-state index contributed by atoms with van der Waals surface area (Å²) >= 11 is 4.82. The van der Waals surface area contributed by atoms with Gasteiger partial charge in [0.25, 0.3) is 11.5 Å². The number of hydrogen-bond acceptors (Lipinski definition) is 8. The zero-order valence-electron chi connectivity index (χ0n) is 26.6. The molecule has 1 atom stereocenters. The number of rotatable bonds is 11. The van der Waals surface area contributed by atoms with Gasteiger partial charge in [0.05, 0.1) is 40.1 Å². The Morgan fingerprint density at radius 3 is 2.34 bits per heavy atom. The molecule has 0 spiro atoms. The first-order chi connectivity index (χ1) is 22.6. The Hall–Kier alpha value is -4.68. The number of halogens is 1. The number of likely N-dealkylation sites (N-methyl/N-ethyl adjacent to an activating group) is 1. The van der Waals surface area contributed by atoms with Crippen molar-refractivity contribution in [3.63, 3.8) is 0 Å². The zero-order chi connectivity index (χ0) is 33.8. The lowest BCUT2D eigenvalue weighted by Crippen LogP contribution is -2.43. The van der Waals surface area contributed by atoms with Crippen LogP contribution in [-0.4, -0.2) is 53.8 Å².